The molecule has 3 heterocycles. The number of pyridine rings is 1. The van der Waals surface area contributed by atoms with Gasteiger partial charge in [0.2, 0.25) is 0 Å². The fourth-order valence-corrected chi connectivity index (χ4v) is 5.07. The highest BCUT2D eigenvalue weighted by molar-refractivity contribution is 7.00. The Morgan fingerprint density at radius 1 is 0.655 bits per heavy atom. The van der Waals surface area contributed by atoms with E-state index >= 15 is 0 Å². The first-order chi connectivity index (χ1) is 14.3. The Morgan fingerprint density at radius 2 is 1.31 bits per heavy atom. The van der Waals surface area contributed by atoms with Gasteiger partial charge in [-0.05, 0) is 52.8 Å². The van der Waals surface area contributed by atoms with E-state index in [2.05, 4.69) is 102 Å². The predicted molar refractivity (Wildman–Crippen MR) is 123 cm³/mol. The van der Waals surface area contributed by atoms with Crippen LogP contribution in [-0.4, -0.2) is 25.8 Å². The van der Waals surface area contributed by atoms with E-state index in [4.69, 9.17) is 0 Å². The Kier molecular flexibility index (Phi) is 3.39. The zero-order valence-electron chi connectivity index (χ0n) is 16.5. The van der Waals surface area contributed by atoms with Crippen LogP contribution in [0.25, 0.3) is 11.3 Å². The first kappa shape index (κ1) is 16.4. The second kappa shape index (κ2) is 5.98. The Balaban J connectivity index is 1.74. The average molecular weight is 373 g/mol. The number of hydrogen-bond donors (Lipinski definition) is 0. The van der Waals surface area contributed by atoms with Crippen molar-refractivity contribution in [1.29, 1.82) is 0 Å². The van der Waals surface area contributed by atoms with Crippen molar-refractivity contribution in [3.05, 3.63) is 85.1 Å². The maximum atomic E-state index is 4.67. The van der Waals surface area contributed by atoms with Crippen molar-refractivity contribution >= 4 is 45.9 Å². The minimum Gasteiger partial charge on any atom is -0.345 e. The van der Waals surface area contributed by atoms with Gasteiger partial charge < -0.3 is 9.80 Å². The molecule has 0 atom stereocenters. The molecule has 1 aromatic heterocycles. The molecule has 0 aliphatic carbocycles. The number of benzene rings is 3. The monoisotopic (exact) mass is 373 g/mol. The van der Waals surface area contributed by atoms with E-state index < -0.39 is 0 Å². The summed E-state index contributed by atoms with van der Waals surface area (Å²) in [5, 5.41) is 0. The molecular weight excluding hydrogens is 353 g/mol. The van der Waals surface area contributed by atoms with E-state index in [9.17, 15) is 0 Å². The standard InChI is InChI=1S/C25H20BN3/c1-28-21-12-5-3-9-18(21)26-19-10-4-6-13-22(19)29(2)25-17(14-15-23(28)24(25)26)20-11-7-8-16-27-20/h3-16H,1-2H3. The molecule has 29 heavy (non-hydrogen) atoms. The van der Waals surface area contributed by atoms with Gasteiger partial charge in [-0.15, -0.1) is 0 Å². The second-order valence-corrected chi connectivity index (χ2v) is 7.78. The summed E-state index contributed by atoms with van der Waals surface area (Å²) in [6, 6.07) is 28.2. The van der Waals surface area contributed by atoms with Crippen molar-refractivity contribution in [2.24, 2.45) is 0 Å². The van der Waals surface area contributed by atoms with Crippen LogP contribution in [0.2, 0.25) is 0 Å². The zero-order valence-corrected chi connectivity index (χ0v) is 16.5. The van der Waals surface area contributed by atoms with Gasteiger partial charge in [-0.2, -0.15) is 0 Å². The van der Waals surface area contributed by atoms with E-state index in [0.717, 1.165) is 5.69 Å². The molecular formula is C25H20BN3. The summed E-state index contributed by atoms with van der Waals surface area (Å²) in [6.07, 6.45) is 1.87. The summed E-state index contributed by atoms with van der Waals surface area (Å²) in [7, 11) is 4.35. The molecule has 0 fully saturated rings. The fourth-order valence-electron chi connectivity index (χ4n) is 5.07. The lowest BCUT2D eigenvalue weighted by atomic mass is 9.33. The molecule has 3 nitrogen and oxygen atoms in total. The summed E-state index contributed by atoms with van der Waals surface area (Å²) in [5.41, 5.74) is 11.4. The molecule has 2 aliphatic rings. The Bertz CT molecular complexity index is 1240. The largest absolute Gasteiger partial charge is 0.345 e. The Morgan fingerprint density at radius 3 is 2.00 bits per heavy atom. The molecule has 2 aliphatic heterocycles. The molecule has 0 saturated carbocycles. The van der Waals surface area contributed by atoms with Crippen LogP contribution in [0, 0.1) is 0 Å². The number of aromatic nitrogens is 1. The van der Waals surface area contributed by atoms with Gasteiger partial charge in [-0.25, -0.2) is 0 Å². The quantitative estimate of drug-likeness (QED) is 0.477. The normalized spacial score (nSPS) is 13.7. The van der Waals surface area contributed by atoms with Crippen LogP contribution >= 0.6 is 0 Å². The van der Waals surface area contributed by atoms with Gasteiger partial charge in [0.15, 0.2) is 0 Å². The zero-order chi connectivity index (χ0) is 19.5. The summed E-state index contributed by atoms with van der Waals surface area (Å²) in [4.78, 5) is 9.34. The van der Waals surface area contributed by atoms with Crippen LogP contribution in [0.15, 0.2) is 85.1 Å². The molecule has 0 radical (unpaired) electrons. The van der Waals surface area contributed by atoms with Crippen molar-refractivity contribution in [3.63, 3.8) is 0 Å². The number of fused-ring (bicyclic) bond motifs is 4. The minimum absolute atomic E-state index is 0.225. The summed E-state index contributed by atoms with van der Waals surface area (Å²) < 4.78 is 0. The molecule has 0 spiro atoms. The Hall–Kier alpha value is -3.53. The molecule has 3 aromatic carbocycles. The topological polar surface area (TPSA) is 19.4 Å². The molecule has 0 unspecified atom stereocenters. The fraction of sp³-hybridized carbons (Fsp3) is 0.0800. The lowest BCUT2D eigenvalue weighted by molar-refractivity contribution is 1.18. The second-order valence-electron chi connectivity index (χ2n) is 7.78. The van der Waals surface area contributed by atoms with Crippen LogP contribution in [0.3, 0.4) is 0 Å². The highest BCUT2D eigenvalue weighted by Gasteiger charge is 2.41. The predicted octanol–water partition coefficient (Wildman–Crippen LogP) is 3.43. The highest BCUT2D eigenvalue weighted by atomic mass is 15.1. The van der Waals surface area contributed by atoms with E-state index in [-0.39, 0.29) is 6.71 Å². The first-order valence-corrected chi connectivity index (χ1v) is 9.99. The third-order valence-corrected chi connectivity index (χ3v) is 6.34. The van der Waals surface area contributed by atoms with Crippen LogP contribution < -0.4 is 26.2 Å². The van der Waals surface area contributed by atoms with Gasteiger partial charge in [0.05, 0.1) is 5.69 Å². The van der Waals surface area contributed by atoms with E-state index in [1.807, 2.05) is 12.3 Å². The maximum Gasteiger partial charge on any atom is 0.252 e. The number of para-hydroxylation sites is 2. The number of rotatable bonds is 1. The van der Waals surface area contributed by atoms with Crippen LogP contribution in [-0.2, 0) is 0 Å². The van der Waals surface area contributed by atoms with Crippen molar-refractivity contribution < 1.29 is 0 Å². The van der Waals surface area contributed by atoms with Gasteiger partial charge in [0.1, 0.15) is 0 Å². The van der Waals surface area contributed by atoms with Gasteiger partial charge in [0, 0.05) is 48.6 Å². The molecule has 4 aromatic rings. The SMILES string of the molecule is CN1c2ccccc2B2c3ccccc3N(C)c3c(-c4ccccn4)ccc1c32. The van der Waals surface area contributed by atoms with Crippen LogP contribution in [0.4, 0.5) is 22.7 Å². The van der Waals surface area contributed by atoms with Gasteiger partial charge in [0.25, 0.3) is 6.71 Å². The van der Waals surface area contributed by atoms with Crippen molar-refractivity contribution in [2.45, 2.75) is 0 Å². The number of nitrogens with zero attached hydrogens (tertiary/aromatic N) is 3. The molecule has 138 valence electrons. The third-order valence-electron chi connectivity index (χ3n) is 6.34. The molecule has 0 N–H and O–H groups in total. The summed E-state index contributed by atoms with van der Waals surface area (Å²) in [6.45, 7) is 0.225. The number of anilines is 4. The summed E-state index contributed by atoms with van der Waals surface area (Å²) in [5.74, 6) is 0. The summed E-state index contributed by atoms with van der Waals surface area (Å²) >= 11 is 0. The molecule has 6 rings (SSSR count). The lowest BCUT2D eigenvalue weighted by Crippen LogP contribution is -2.61. The number of hydrogen-bond acceptors (Lipinski definition) is 3. The van der Waals surface area contributed by atoms with Gasteiger partial charge >= 0.3 is 0 Å². The lowest BCUT2D eigenvalue weighted by Gasteiger charge is -2.42. The van der Waals surface area contributed by atoms with Crippen LogP contribution in [0.5, 0.6) is 0 Å². The Labute approximate surface area is 171 Å². The van der Waals surface area contributed by atoms with E-state index in [1.165, 1.54) is 44.7 Å². The van der Waals surface area contributed by atoms with Crippen molar-refractivity contribution in [3.8, 4) is 11.3 Å². The molecule has 4 heteroatoms. The minimum atomic E-state index is 0.225. The average Bonchev–Trinajstić information content (AvgIpc) is 2.79. The first-order valence-electron chi connectivity index (χ1n) is 9.99. The smallest absolute Gasteiger partial charge is 0.252 e. The third kappa shape index (κ3) is 2.17. The maximum absolute atomic E-state index is 4.67. The van der Waals surface area contributed by atoms with E-state index in [1.54, 1.807) is 0 Å². The molecule has 0 saturated heterocycles. The highest BCUT2D eigenvalue weighted by Crippen LogP contribution is 2.40. The molecule has 0 bridgehead atoms. The van der Waals surface area contributed by atoms with Gasteiger partial charge in [-0.1, -0.05) is 42.5 Å². The van der Waals surface area contributed by atoms with Crippen molar-refractivity contribution in [1.82, 2.24) is 4.98 Å². The molecule has 0 amide bonds. The van der Waals surface area contributed by atoms with Crippen molar-refractivity contribution in [2.75, 3.05) is 23.9 Å². The van der Waals surface area contributed by atoms with Crippen LogP contribution in [0.1, 0.15) is 0 Å². The van der Waals surface area contributed by atoms with E-state index in [0.29, 0.717) is 0 Å². The van der Waals surface area contributed by atoms with Gasteiger partial charge in [-0.3, -0.25) is 4.98 Å².